The van der Waals surface area contributed by atoms with Gasteiger partial charge in [-0.25, -0.2) is 4.79 Å². The second-order valence-electron chi connectivity index (χ2n) is 4.24. The maximum Gasteiger partial charge on any atom is 0.332 e. The number of carboxylic acid groups (broad SMARTS) is 1. The fraction of sp³-hybridized carbons (Fsp3) is 0.231. The molecule has 0 radical (unpaired) electrons. The van der Waals surface area contributed by atoms with Crippen molar-refractivity contribution in [3.63, 3.8) is 0 Å². The Labute approximate surface area is 114 Å². The van der Waals surface area contributed by atoms with Crippen LogP contribution in [-0.2, 0) is 4.79 Å². The summed E-state index contributed by atoms with van der Waals surface area (Å²) in [5.41, 5.74) is -0.790. The van der Waals surface area contributed by atoms with E-state index in [1.165, 1.54) is 36.0 Å². The Hall–Kier alpha value is -1.95. The van der Waals surface area contributed by atoms with Gasteiger partial charge in [0.2, 0.25) is 0 Å². The molecule has 5 nitrogen and oxygen atoms in total. The first-order valence-corrected chi connectivity index (χ1v) is 6.56. The number of nitrogens with zero attached hydrogens (tertiary/aromatic N) is 1. The predicted molar refractivity (Wildman–Crippen MR) is 73.9 cm³/mol. The smallest absolute Gasteiger partial charge is 0.332 e. The average molecular weight is 279 g/mol. The Morgan fingerprint density at radius 2 is 2.26 bits per heavy atom. The summed E-state index contributed by atoms with van der Waals surface area (Å²) in [5.74, 6) is -0.885. The normalized spacial score (nSPS) is 22.0. The van der Waals surface area contributed by atoms with Crippen molar-refractivity contribution in [1.82, 2.24) is 0 Å². The van der Waals surface area contributed by atoms with Crippen LogP contribution in [0.15, 0.2) is 35.8 Å². The summed E-state index contributed by atoms with van der Waals surface area (Å²) in [7, 11) is 0. The van der Waals surface area contributed by atoms with E-state index in [0.717, 1.165) is 0 Å². The van der Waals surface area contributed by atoms with E-state index in [4.69, 9.17) is 0 Å². The molecule has 0 saturated heterocycles. The van der Waals surface area contributed by atoms with Gasteiger partial charge in [0.1, 0.15) is 16.5 Å². The molecule has 2 rings (SSSR count). The van der Waals surface area contributed by atoms with Gasteiger partial charge in [0, 0.05) is 23.8 Å². The number of hydrogen-bond acceptors (Lipinski definition) is 5. The van der Waals surface area contributed by atoms with E-state index in [0.29, 0.717) is 16.4 Å². The number of phenols is 2. The van der Waals surface area contributed by atoms with Crippen molar-refractivity contribution in [1.29, 1.82) is 0 Å². The highest BCUT2D eigenvalue weighted by Crippen LogP contribution is 2.37. The van der Waals surface area contributed by atoms with Crippen LogP contribution in [0.5, 0.6) is 11.5 Å². The highest BCUT2D eigenvalue weighted by Gasteiger charge is 2.42. The van der Waals surface area contributed by atoms with Gasteiger partial charge in [-0.15, -0.1) is 18.3 Å². The van der Waals surface area contributed by atoms with Crippen molar-refractivity contribution in [3.8, 4) is 11.5 Å². The summed E-state index contributed by atoms with van der Waals surface area (Å²) in [6.07, 6.45) is 1.76. The van der Waals surface area contributed by atoms with Crippen LogP contribution >= 0.6 is 11.8 Å². The number of carboxylic acids is 1. The number of aliphatic carboxylic acids is 1. The number of hydrogen-bond donors (Lipinski definition) is 3. The van der Waals surface area contributed by atoms with Crippen molar-refractivity contribution < 1.29 is 20.1 Å². The fourth-order valence-corrected chi connectivity index (χ4v) is 3.07. The van der Waals surface area contributed by atoms with E-state index in [1.807, 2.05) is 0 Å². The molecule has 6 heteroatoms. The molecule has 0 aliphatic carbocycles. The predicted octanol–water partition coefficient (Wildman–Crippen LogP) is 1.99. The van der Waals surface area contributed by atoms with Gasteiger partial charge < -0.3 is 15.3 Å². The zero-order valence-electron chi connectivity index (χ0n) is 10.0. The van der Waals surface area contributed by atoms with Gasteiger partial charge in [-0.1, -0.05) is 6.08 Å². The molecule has 1 atom stereocenters. The summed E-state index contributed by atoms with van der Waals surface area (Å²) in [6, 6.07) is 4.14. The summed E-state index contributed by atoms with van der Waals surface area (Å²) in [6.45, 7) is 3.55. The van der Waals surface area contributed by atoms with Crippen molar-refractivity contribution in [3.05, 3.63) is 36.4 Å². The molecule has 3 N–H and O–H groups in total. The fourth-order valence-electron chi connectivity index (χ4n) is 1.83. The molecule has 1 aliphatic rings. The maximum atomic E-state index is 11.4. The molecular weight excluding hydrogens is 266 g/mol. The monoisotopic (exact) mass is 279 g/mol. The second kappa shape index (κ2) is 4.97. The van der Waals surface area contributed by atoms with Crippen molar-refractivity contribution in [2.75, 3.05) is 5.75 Å². The molecule has 1 aromatic rings. The van der Waals surface area contributed by atoms with Crippen LogP contribution in [0.25, 0.3) is 0 Å². The zero-order chi connectivity index (χ0) is 14.0. The van der Waals surface area contributed by atoms with E-state index in [1.54, 1.807) is 0 Å². The molecule has 0 amide bonds. The van der Waals surface area contributed by atoms with Gasteiger partial charge in [0.05, 0.1) is 0 Å². The van der Waals surface area contributed by atoms with E-state index in [2.05, 4.69) is 11.6 Å². The lowest BCUT2D eigenvalue weighted by Crippen LogP contribution is -2.36. The van der Waals surface area contributed by atoms with Crippen LogP contribution in [0, 0.1) is 0 Å². The number of carbonyl (C=O) groups is 1. The van der Waals surface area contributed by atoms with E-state index in [-0.39, 0.29) is 17.9 Å². The van der Waals surface area contributed by atoms with E-state index >= 15 is 0 Å². The highest BCUT2D eigenvalue weighted by atomic mass is 32.2. The molecule has 0 bridgehead atoms. The lowest BCUT2D eigenvalue weighted by Gasteiger charge is -2.17. The molecule has 1 aliphatic heterocycles. The Bertz CT molecular complexity index is 570. The Balaban J connectivity index is 2.41. The van der Waals surface area contributed by atoms with Crippen LogP contribution in [0.2, 0.25) is 0 Å². The topological polar surface area (TPSA) is 90.1 Å². The van der Waals surface area contributed by atoms with Gasteiger partial charge in [0.15, 0.2) is 5.54 Å². The van der Waals surface area contributed by atoms with Crippen LogP contribution < -0.4 is 0 Å². The lowest BCUT2D eigenvalue weighted by atomic mass is 9.99. The molecule has 19 heavy (non-hydrogen) atoms. The zero-order valence-corrected chi connectivity index (χ0v) is 10.9. The summed E-state index contributed by atoms with van der Waals surface area (Å²) in [4.78, 5) is 15.6. The summed E-state index contributed by atoms with van der Waals surface area (Å²) >= 11 is 1.27. The third kappa shape index (κ3) is 2.44. The van der Waals surface area contributed by atoms with Crippen molar-refractivity contribution >= 4 is 22.8 Å². The molecule has 1 aromatic carbocycles. The first kappa shape index (κ1) is 13.5. The molecule has 0 saturated carbocycles. The number of benzene rings is 1. The number of rotatable bonds is 4. The minimum Gasteiger partial charge on any atom is -0.508 e. The minimum atomic E-state index is -1.22. The number of aromatic hydroxyl groups is 2. The van der Waals surface area contributed by atoms with E-state index in [9.17, 15) is 20.1 Å². The molecular formula is C13H13NO4S. The number of phenolic OH excluding ortho intramolecular Hbond substituents is 2. The second-order valence-corrected chi connectivity index (χ2v) is 5.20. The maximum absolute atomic E-state index is 11.4. The van der Waals surface area contributed by atoms with Gasteiger partial charge in [0.25, 0.3) is 0 Å². The first-order chi connectivity index (χ1) is 8.98. The molecule has 1 unspecified atom stereocenters. The highest BCUT2D eigenvalue weighted by molar-refractivity contribution is 8.14. The molecule has 1 heterocycles. The Morgan fingerprint density at radius 1 is 1.53 bits per heavy atom. The molecule has 100 valence electrons. The third-order valence-electron chi connectivity index (χ3n) is 2.86. The third-order valence-corrected chi connectivity index (χ3v) is 4.06. The van der Waals surface area contributed by atoms with Gasteiger partial charge in [-0.3, -0.25) is 4.99 Å². The largest absolute Gasteiger partial charge is 0.508 e. The SMILES string of the molecule is C=CCC1(C(=O)O)CSC(c2ccc(O)cc2O)=N1. The Morgan fingerprint density at radius 3 is 2.84 bits per heavy atom. The van der Waals surface area contributed by atoms with Crippen LogP contribution in [-0.4, -0.2) is 37.6 Å². The quantitative estimate of drug-likeness (QED) is 0.733. The van der Waals surface area contributed by atoms with Crippen LogP contribution in [0.1, 0.15) is 12.0 Å². The number of thioether (sulfide) groups is 1. The Kier molecular flexibility index (Phi) is 3.53. The van der Waals surface area contributed by atoms with E-state index < -0.39 is 11.5 Å². The average Bonchev–Trinajstić information content (AvgIpc) is 2.75. The summed E-state index contributed by atoms with van der Waals surface area (Å²) in [5, 5.41) is 28.8. The first-order valence-electron chi connectivity index (χ1n) is 5.58. The van der Waals surface area contributed by atoms with Crippen molar-refractivity contribution in [2.45, 2.75) is 12.0 Å². The summed E-state index contributed by atoms with van der Waals surface area (Å²) < 4.78 is 0. The minimum absolute atomic E-state index is 0.0552. The van der Waals surface area contributed by atoms with Crippen LogP contribution in [0.4, 0.5) is 0 Å². The van der Waals surface area contributed by atoms with Gasteiger partial charge in [-0.05, 0) is 12.1 Å². The van der Waals surface area contributed by atoms with Crippen LogP contribution in [0.3, 0.4) is 0 Å². The standard InChI is InChI=1S/C13H13NO4S/c1-2-5-13(12(17)18)7-19-11(14-13)9-4-3-8(15)6-10(9)16/h2-4,6,15-16H,1,5,7H2,(H,17,18). The molecule has 0 fully saturated rings. The lowest BCUT2D eigenvalue weighted by molar-refractivity contribution is -0.142. The number of aliphatic imine (C=N–C) groups is 1. The van der Waals surface area contributed by atoms with Gasteiger partial charge in [-0.2, -0.15) is 0 Å². The molecule has 0 aromatic heterocycles. The molecule has 0 spiro atoms. The van der Waals surface area contributed by atoms with Crippen molar-refractivity contribution in [2.24, 2.45) is 4.99 Å². The van der Waals surface area contributed by atoms with Gasteiger partial charge >= 0.3 is 5.97 Å².